The molecule has 0 saturated carbocycles. The van der Waals surface area contributed by atoms with E-state index in [2.05, 4.69) is 15.6 Å². The zero-order valence-corrected chi connectivity index (χ0v) is 15.0. The van der Waals surface area contributed by atoms with Crippen molar-refractivity contribution in [1.82, 2.24) is 10.3 Å². The van der Waals surface area contributed by atoms with Crippen molar-refractivity contribution in [3.8, 4) is 5.75 Å². The molecule has 134 valence electrons. The van der Waals surface area contributed by atoms with Crippen molar-refractivity contribution in [3.63, 3.8) is 0 Å². The van der Waals surface area contributed by atoms with Crippen molar-refractivity contribution in [2.75, 3.05) is 19.0 Å². The molecule has 1 aromatic heterocycles. The third kappa shape index (κ3) is 4.18. The highest BCUT2D eigenvalue weighted by Crippen LogP contribution is 2.18. The molecule has 0 amide bonds. The van der Waals surface area contributed by atoms with Crippen LogP contribution in [0.5, 0.6) is 5.75 Å². The Morgan fingerprint density at radius 2 is 2.04 bits per heavy atom. The lowest BCUT2D eigenvalue weighted by Gasteiger charge is -2.11. The standard InChI is InChI=1S/C19H18FN3O2S/c1-25-14-7-6-12-10-13(18(24)22-17(12)11-14)8-9-21-19(26)23-16-5-3-2-4-15(16)20/h2-7,10-11H,8-9H2,1H3,(H,22,24)(H2,21,23,26). The van der Waals surface area contributed by atoms with Gasteiger partial charge in [-0.3, -0.25) is 4.79 Å². The number of benzene rings is 2. The second-order valence-electron chi connectivity index (χ2n) is 5.69. The van der Waals surface area contributed by atoms with Crippen LogP contribution in [-0.4, -0.2) is 23.8 Å². The van der Waals surface area contributed by atoms with Gasteiger partial charge < -0.3 is 20.4 Å². The molecule has 0 radical (unpaired) electrons. The van der Waals surface area contributed by atoms with E-state index in [4.69, 9.17) is 17.0 Å². The fourth-order valence-corrected chi connectivity index (χ4v) is 2.79. The third-order valence-corrected chi connectivity index (χ3v) is 4.18. The fraction of sp³-hybridized carbons (Fsp3) is 0.158. The average Bonchev–Trinajstić information content (AvgIpc) is 2.63. The van der Waals surface area contributed by atoms with Crippen molar-refractivity contribution in [1.29, 1.82) is 0 Å². The van der Waals surface area contributed by atoms with Gasteiger partial charge in [-0.25, -0.2) is 4.39 Å². The molecule has 2 aromatic carbocycles. The minimum Gasteiger partial charge on any atom is -0.497 e. The van der Waals surface area contributed by atoms with Gasteiger partial charge in [0.15, 0.2) is 5.11 Å². The maximum atomic E-state index is 13.6. The Morgan fingerprint density at radius 3 is 2.81 bits per heavy atom. The lowest BCUT2D eigenvalue weighted by molar-refractivity contribution is 0.415. The van der Waals surface area contributed by atoms with Crippen LogP contribution in [0, 0.1) is 5.82 Å². The summed E-state index contributed by atoms with van der Waals surface area (Å²) in [7, 11) is 1.58. The van der Waals surface area contributed by atoms with Gasteiger partial charge in [-0.2, -0.15) is 0 Å². The van der Waals surface area contributed by atoms with E-state index in [0.717, 1.165) is 10.9 Å². The number of para-hydroxylation sites is 1. The number of aromatic amines is 1. The predicted octanol–water partition coefficient (Wildman–Crippen LogP) is 3.20. The Labute approximate surface area is 155 Å². The number of anilines is 1. The molecular weight excluding hydrogens is 353 g/mol. The molecule has 26 heavy (non-hydrogen) atoms. The van der Waals surface area contributed by atoms with E-state index in [-0.39, 0.29) is 11.4 Å². The first-order valence-electron chi connectivity index (χ1n) is 8.06. The van der Waals surface area contributed by atoms with Crippen LogP contribution in [0.1, 0.15) is 5.56 Å². The number of ether oxygens (including phenoxy) is 1. The van der Waals surface area contributed by atoms with Crippen LogP contribution >= 0.6 is 12.2 Å². The van der Waals surface area contributed by atoms with Gasteiger partial charge in [-0.15, -0.1) is 0 Å². The number of nitrogens with one attached hydrogen (secondary N) is 3. The molecule has 3 rings (SSSR count). The summed E-state index contributed by atoms with van der Waals surface area (Å²) in [6, 6.07) is 13.7. The van der Waals surface area contributed by atoms with Gasteiger partial charge >= 0.3 is 0 Å². The van der Waals surface area contributed by atoms with Gasteiger partial charge in [0, 0.05) is 18.2 Å². The molecule has 0 atom stereocenters. The van der Waals surface area contributed by atoms with Crippen molar-refractivity contribution < 1.29 is 9.13 Å². The number of hydrogen-bond donors (Lipinski definition) is 3. The smallest absolute Gasteiger partial charge is 0.251 e. The Bertz CT molecular complexity index is 1000. The SMILES string of the molecule is COc1ccc2cc(CCNC(=S)Nc3ccccc3F)c(=O)[nH]c2c1. The highest BCUT2D eigenvalue weighted by atomic mass is 32.1. The van der Waals surface area contributed by atoms with Crippen molar-refractivity contribution >= 4 is 33.9 Å². The number of hydrogen-bond acceptors (Lipinski definition) is 3. The quantitative estimate of drug-likeness (QED) is 0.601. The van der Waals surface area contributed by atoms with Gasteiger partial charge in [0.05, 0.1) is 18.3 Å². The predicted molar refractivity (Wildman–Crippen MR) is 105 cm³/mol. The number of pyridine rings is 1. The van der Waals surface area contributed by atoms with Crippen LogP contribution < -0.4 is 20.9 Å². The number of halogens is 1. The fourth-order valence-electron chi connectivity index (χ4n) is 2.58. The summed E-state index contributed by atoms with van der Waals surface area (Å²) in [6.07, 6.45) is 0.483. The van der Waals surface area contributed by atoms with Crippen LogP contribution in [0.15, 0.2) is 53.3 Å². The van der Waals surface area contributed by atoms with Crippen molar-refractivity contribution in [3.05, 3.63) is 70.3 Å². The van der Waals surface area contributed by atoms with E-state index in [9.17, 15) is 9.18 Å². The van der Waals surface area contributed by atoms with Crippen molar-refractivity contribution in [2.45, 2.75) is 6.42 Å². The monoisotopic (exact) mass is 371 g/mol. The molecule has 0 spiro atoms. The van der Waals surface area contributed by atoms with Gasteiger partial charge in [0.2, 0.25) is 0 Å². The molecule has 3 aromatic rings. The molecule has 5 nitrogen and oxygen atoms in total. The summed E-state index contributed by atoms with van der Waals surface area (Å²) in [4.78, 5) is 15.1. The number of methoxy groups -OCH3 is 1. The number of fused-ring (bicyclic) bond motifs is 1. The Morgan fingerprint density at radius 1 is 1.23 bits per heavy atom. The molecule has 7 heteroatoms. The summed E-state index contributed by atoms with van der Waals surface area (Å²) in [5, 5.41) is 7.01. The van der Waals surface area contributed by atoms with Crippen molar-refractivity contribution in [2.24, 2.45) is 0 Å². The normalized spacial score (nSPS) is 10.5. The van der Waals surface area contributed by atoms with E-state index in [0.29, 0.717) is 35.1 Å². The van der Waals surface area contributed by atoms with Gasteiger partial charge in [-0.05, 0) is 54.4 Å². The minimum atomic E-state index is -0.377. The largest absolute Gasteiger partial charge is 0.497 e. The van der Waals surface area contributed by atoms with E-state index in [1.54, 1.807) is 31.4 Å². The van der Waals surface area contributed by atoms with Crippen LogP contribution in [0.25, 0.3) is 10.9 Å². The van der Waals surface area contributed by atoms with Crippen LogP contribution in [0.3, 0.4) is 0 Å². The molecular formula is C19H18FN3O2S. The van der Waals surface area contributed by atoms with Crippen LogP contribution in [0.2, 0.25) is 0 Å². The number of H-pyrrole nitrogens is 1. The highest BCUT2D eigenvalue weighted by molar-refractivity contribution is 7.80. The average molecular weight is 371 g/mol. The maximum absolute atomic E-state index is 13.6. The zero-order chi connectivity index (χ0) is 18.5. The summed E-state index contributed by atoms with van der Waals surface area (Å²) in [6.45, 7) is 0.449. The van der Waals surface area contributed by atoms with Gasteiger partial charge in [0.1, 0.15) is 11.6 Å². The Balaban J connectivity index is 1.62. The molecule has 0 aliphatic heterocycles. The minimum absolute atomic E-state index is 0.152. The van der Waals surface area contributed by atoms with E-state index < -0.39 is 0 Å². The molecule has 3 N–H and O–H groups in total. The molecule has 0 bridgehead atoms. The number of thiocarbonyl (C=S) groups is 1. The van der Waals surface area contributed by atoms with Crippen LogP contribution in [0.4, 0.5) is 10.1 Å². The first-order chi connectivity index (χ1) is 12.6. The van der Waals surface area contributed by atoms with E-state index in [1.807, 2.05) is 18.2 Å². The summed E-state index contributed by atoms with van der Waals surface area (Å²) in [5.41, 5.74) is 1.52. The second-order valence-corrected chi connectivity index (χ2v) is 6.10. The zero-order valence-electron chi connectivity index (χ0n) is 14.1. The first-order valence-corrected chi connectivity index (χ1v) is 8.47. The summed E-state index contributed by atoms with van der Waals surface area (Å²) < 4.78 is 18.7. The summed E-state index contributed by atoms with van der Waals surface area (Å²) >= 11 is 5.16. The summed E-state index contributed by atoms with van der Waals surface area (Å²) in [5.74, 6) is 0.310. The van der Waals surface area contributed by atoms with Crippen LogP contribution in [-0.2, 0) is 6.42 Å². The second kappa shape index (κ2) is 7.97. The van der Waals surface area contributed by atoms with Gasteiger partial charge in [-0.1, -0.05) is 12.1 Å². The molecule has 0 aliphatic rings. The molecule has 1 heterocycles. The topological polar surface area (TPSA) is 66.2 Å². The first kappa shape index (κ1) is 17.9. The molecule has 0 fully saturated rings. The molecule has 0 saturated heterocycles. The van der Waals surface area contributed by atoms with E-state index >= 15 is 0 Å². The number of rotatable bonds is 5. The Hall–Kier alpha value is -2.93. The third-order valence-electron chi connectivity index (χ3n) is 3.93. The maximum Gasteiger partial charge on any atom is 0.251 e. The number of aromatic nitrogens is 1. The highest BCUT2D eigenvalue weighted by Gasteiger charge is 2.06. The van der Waals surface area contributed by atoms with E-state index in [1.165, 1.54) is 6.07 Å². The lowest BCUT2D eigenvalue weighted by Crippen LogP contribution is -2.31. The molecule has 0 aliphatic carbocycles. The Kier molecular flexibility index (Phi) is 5.48. The lowest BCUT2D eigenvalue weighted by atomic mass is 10.1. The van der Waals surface area contributed by atoms with Gasteiger partial charge in [0.25, 0.3) is 5.56 Å². The molecule has 0 unspecified atom stereocenters.